The van der Waals surface area contributed by atoms with E-state index >= 15 is 0 Å². The molecule has 92 valence electrons. The number of nitrogens with zero attached hydrogens (tertiary/aromatic N) is 1. The highest BCUT2D eigenvalue weighted by Gasteiger charge is 2.06. The van der Waals surface area contributed by atoms with Crippen molar-refractivity contribution in [1.29, 1.82) is 0 Å². The zero-order chi connectivity index (χ0) is 13.2. The molecule has 0 spiro atoms. The highest BCUT2D eigenvalue weighted by molar-refractivity contribution is 6.33. The van der Waals surface area contributed by atoms with Crippen LogP contribution in [-0.4, -0.2) is 11.3 Å². The predicted octanol–water partition coefficient (Wildman–Crippen LogP) is 4.37. The lowest BCUT2D eigenvalue weighted by molar-refractivity contribution is 0.112. The Bertz CT molecular complexity index is 762. The Kier molecular flexibility index (Phi) is 3.02. The van der Waals surface area contributed by atoms with Crippen LogP contribution in [0.5, 0.6) is 0 Å². The van der Waals surface area contributed by atoms with Gasteiger partial charge in [0.05, 0.1) is 5.02 Å². The van der Waals surface area contributed by atoms with Crippen LogP contribution in [-0.2, 0) is 0 Å². The molecule has 1 aromatic heterocycles. The maximum atomic E-state index is 10.8. The fourth-order valence-electron chi connectivity index (χ4n) is 2.16. The van der Waals surface area contributed by atoms with Crippen molar-refractivity contribution in [3.05, 3.63) is 65.4 Å². The van der Waals surface area contributed by atoms with Gasteiger partial charge in [-0.15, -0.1) is 0 Å². The molecule has 0 amide bonds. The van der Waals surface area contributed by atoms with Crippen molar-refractivity contribution >= 4 is 28.7 Å². The number of pyridine rings is 1. The number of benzene rings is 2. The first-order valence-corrected chi connectivity index (χ1v) is 6.25. The average molecular weight is 268 g/mol. The Hall–Kier alpha value is -2.19. The highest BCUT2D eigenvalue weighted by atomic mass is 35.5. The van der Waals surface area contributed by atoms with Gasteiger partial charge in [0.15, 0.2) is 6.29 Å². The van der Waals surface area contributed by atoms with Crippen molar-refractivity contribution in [3.63, 3.8) is 0 Å². The number of rotatable bonds is 2. The van der Waals surface area contributed by atoms with E-state index < -0.39 is 0 Å². The molecule has 0 aliphatic rings. The SMILES string of the molecule is O=Cc1ccc(-c2cccc3cnccc23)cc1Cl. The van der Waals surface area contributed by atoms with Gasteiger partial charge >= 0.3 is 0 Å². The monoisotopic (exact) mass is 267 g/mol. The predicted molar refractivity (Wildman–Crippen MR) is 77.6 cm³/mol. The summed E-state index contributed by atoms with van der Waals surface area (Å²) < 4.78 is 0. The first kappa shape index (κ1) is 11.9. The fraction of sp³-hybridized carbons (Fsp3) is 0. The van der Waals surface area contributed by atoms with Crippen molar-refractivity contribution < 1.29 is 4.79 Å². The van der Waals surface area contributed by atoms with Gasteiger partial charge in [0.2, 0.25) is 0 Å². The molecule has 2 nitrogen and oxygen atoms in total. The summed E-state index contributed by atoms with van der Waals surface area (Å²) in [5.41, 5.74) is 2.58. The molecule has 0 aliphatic carbocycles. The van der Waals surface area contributed by atoms with Crippen molar-refractivity contribution in [1.82, 2.24) is 4.98 Å². The molecule has 0 unspecified atom stereocenters. The quantitative estimate of drug-likeness (QED) is 0.646. The number of fused-ring (bicyclic) bond motifs is 1. The van der Waals surface area contributed by atoms with Crippen LogP contribution in [0.15, 0.2) is 54.9 Å². The van der Waals surface area contributed by atoms with E-state index in [1.54, 1.807) is 12.3 Å². The molecule has 0 saturated heterocycles. The number of carbonyl (C=O) groups excluding carboxylic acids is 1. The van der Waals surface area contributed by atoms with Crippen LogP contribution < -0.4 is 0 Å². The standard InChI is InChI=1S/C16H10ClNO/c17-16-8-11(4-5-13(16)10-19)14-3-1-2-12-9-18-7-6-15(12)14/h1-10H. The van der Waals surface area contributed by atoms with E-state index in [0.29, 0.717) is 10.6 Å². The fourth-order valence-corrected chi connectivity index (χ4v) is 2.39. The van der Waals surface area contributed by atoms with Crippen LogP contribution in [0.25, 0.3) is 21.9 Å². The zero-order valence-corrected chi connectivity index (χ0v) is 10.8. The van der Waals surface area contributed by atoms with E-state index in [-0.39, 0.29) is 0 Å². The van der Waals surface area contributed by atoms with Crippen LogP contribution in [0.2, 0.25) is 5.02 Å². The molecule has 19 heavy (non-hydrogen) atoms. The van der Waals surface area contributed by atoms with Crippen molar-refractivity contribution in [2.75, 3.05) is 0 Å². The van der Waals surface area contributed by atoms with E-state index in [2.05, 4.69) is 4.98 Å². The molecule has 0 atom stereocenters. The Morgan fingerprint density at radius 3 is 2.79 bits per heavy atom. The second-order valence-electron chi connectivity index (χ2n) is 4.26. The Balaban J connectivity index is 2.24. The summed E-state index contributed by atoms with van der Waals surface area (Å²) in [7, 11) is 0. The van der Waals surface area contributed by atoms with Gasteiger partial charge < -0.3 is 0 Å². The number of halogens is 1. The molecule has 0 radical (unpaired) electrons. The van der Waals surface area contributed by atoms with Gasteiger partial charge in [0, 0.05) is 23.3 Å². The van der Waals surface area contributed by atoms with E-state index in [0.717, 1.165) is 28.2 Å². The first-order chi connectivity index (χ1) is 9.29. The summed E-state index contributed by atoms with van der Waals surface area (Å²) in [5, 5.41) is 2.67. The van der Waals surface area contributed by atoms with Crippen LogP contribution >= 0.6 is 11.6 Å². The second kappa shape index (κ2) is 4.82. The third-order valence-electron chi connectivity index (χ3n) is 3.12. The largest absolute Gasteiger partial charge is 0.298 e. The van der Waals surface area contributed by atoms with Gasteiger partial charge in [-0.05, 0) is 34.7 Å². The van der Waals surface area contributed by atoms with E-state index in [1.807, 2.05) is 42.6 Å². The maximum Gasteiger partial charge on any atom is 0.151 e. The van der Waals surface area contributed by atoms with Gasteiger partial charge in [0.1, 0.15) is 0 Å². The molecule has 3 aromatic rings. The number of carbonyl (C=O) groups is 1. The number of hydrogen-bond donors (Lipinski definition) is 0. The lowest BCUT2D eigenvalue weighted by atomic mass is 9.99. The number of aldehydes is 1. The minimum atomic E-state index is 0.471. The molecule has 3 rings (SSSR count). The first-order valence-electron chi connectivity index (χ1n) is 5.87. The van der Waals surface area contributed by atoms with Gasteiger partial charge in [-0.3, -0.25) is 9.78 Å². The Morgan fingerprint density at radius 1 is 1.11 bits per heavy atom. The van der Waals surface area contributed by atoms with Crippen molar-refractivity contribution in [3.8, 4) is 11.1 Å². The van der Waals surface area contributed by atoms with Crippen LogP contribution in [0.3, 0.4) is 0 Å². The number of hydrogen-bond acceptors (Lipinski definition) is 2. The van der Waals surface area contributed by atoms with Crippen molar-refractivity contribution in [2.24, 2.45) is 0 Å². The van der Waals surface area contributed by atoms with Crippen molar-refractivity contribution in [2.45, 2.75) is 0 Å². The molecule has 0 fully saturated rings. The van der Waals surface area contributed by atoms with Gasteiger partial charge in [0.25, 0.3) is 0 Å². The van der Waals surface area contributed by atoms with Gasteiger partial charge in [-0.25, -0.2) is 0 Å². The van der Waals surface area contributed by atoms with Gasteiger partial charge in [-0.1, -0.05) is 35.9 Å². The third kappa shape index (κ3) is 2.11. The molecule has 0 bridgehead atoms. The van der Waals surface area contributed by atoms with E-state index in [4.69, 9.17) is 11.6 Å². The normalized spacial score (nSPS) is 10.6. The minimum Gasteiger partial charge on any atom is -0.298 e. The molecule has 2 aromatic carbocycles. The Labute approximate surface area is 115 Å². The topological polar surface area (TPSA) is 30.0 Å². The van der Waals surface area contributed by atoms with E-state index in [9.17, 15) is 4.79 Å². The Morgan fingerprint density at radius 2 is 2.00 bits per heavy atom. The molecular weight excluding hydrogens is 258 g/mol. The zero-order valence-electron chi connectivity index (χ0n) is 10.0. The van der Waals surface area contributed by atoms with E-state index in [1.165, 1.54) is 0 Å². The summed E-state index contributed by atoms with van der Waals surface area (Å²) in [5.74, 6) is 0. The summed E-state index contributed by atoms with van der Waals surface area (Å²) in [6.07, 6.45) is 4.37. The van der Waals surface area contributed by atoms with Gasteiger partial charge in [-0.2, -0.15) is 0 Å². The maximum absolute atomic E-state index is 10.8. The van der Waals surface area contributed by atoms with Crippen LogP contribution in [0.1, 0.15) is 10.4 Å². The molecule has 1 heterocycles. The highest BCUT2D eigenvalue weighted by Crippen LogP contribution is 2.30. The lowest BCUT2D eigenvalue weighted by Gasteiger charge is -2.07. The second-order valence-corrected chi connectivity index (χ2v) is 4.66. The summed E-state index contributed by atoms with van der Waals surface area (Å²) in [4.78, 5) is 14.9. The summed E-state index contributed by atoms with van der Waals surface area (Å²) >= 11 is 6.09. The van der Waals surface area contributed by atoms with Crippen LogP contribution in [0, 0.1) is 0 Å². The lowest BCUT2D eigenvalue weighted by Crippen LogP contribution is -1.86. The smallest absolute Gasteiger partial charge is 0.151 e. The average Bonchev–Trinajstić information content (AvgIpc) is 2.46. The summed E-state index contributed by atoms with van der Waals surface area (Å²) in [6.45, 7) is 0. The number of aromatic nitrogens is 1. The molecule has 0 aliphatic heterocycles. The minimum absolute atomic E-state index is 0.471. The molecular formula is C16H10ClNO. The van der Waals surface area contributed by atoms with Crippen LogP contribution in [0.4, 0.5) is 0 Å². The third-order valence-corrected chi connectivity index (χ3v) is 3.45. The molecule has 0 saturated carbocycles. The molecule has 0 N–H and O–H groups in total. The molecule has 3 heteroatoms. The summed E-state index contributed by atoms with van der Waals surface area (Å²) in [6, 6.07) is 13.5.